The van der Waals surface area contributed by atoms with E-state index in [1.165, 1.54) is 11.3 Å². The lowest BCUT2D eigenvalue weighted by Gasteiger charge is -2.08. The maximum Gasteiger partial charge on any atom is 0.269 e. The molecule has 0 bridgehead atoms. The summed E-state index contributed by atoms with van der Waals surface area (Å²) >= 11 is 19.0. The van der Waals surface area contributed by atoms with E-state index in [1.807, 2.05) is 12.1 Å². The second kappa shape index (κ2) is 8.48. The van der Waals surface area contributed by atoms with Crippen molar-refractivity contribution in [2.45, 2.75) is 0 Å². The molecule has 0 saturated heterocycles. The number of hydrogen-bond donors (Lipinski definition) is 2. The first-order valence-corrected chi connectivity index (χ1v) is 11.3. The highest BCUT2D eigenvalue weighted by Gasteiger charge is 2.18. The molecule has 0 spiro atoms. The summed E-state index contributed by atoms with van der Waals surface area (Å²) in [6.07, 6.45) is 3.35. The van der Waals surface area contributed by atoms with Gasteiger partial charge in [0.05, 0.1) is 5.02 Å². The summed E-state index contributed by atoms with van der Waals surface area (Å²) in [7, 11) is 0. The molecule has 3 heterocycles. The first-order chi connectivity index (χ1) is 15.5. The number of thiophene rings is 1. The van der Waals surface area contributed by atoms with E-state index in [0.717, 1.165) is 15.6 Å². The normalized spacial score (nSPS) is 11.1. The third kappa shape index (κ3) is 4.05. The number of benzene rings is 2. The fraction of sp³-hybridized carbons (Fsp3) is 0. The van der Waals surface area contributed by atoms with E-state index in [1.54, 1.807) is 48.8 Å². The summed E-state index contributed by atoms with van der Waals surface area (Å²) in [5, 5.41) is 7.51. The highest BCUT2D eigenvalue weighted by molar-refractivity contribution is 7.80. The number of oxazole rings is 1. The minimum atomic E-state index is -0.396. The highest BCUT2D eigenvalue weighted by atomic mass is 35.5. The van der Waals surface area contributed by atoms with Gasteiger partial charge in [0.15, 0.2) is 10.7 Å². The summed E-state index contributed by atoms with van der Waals surface area (Å²) in [5.74, 6) is 0.0993. The van der Waals surface area contributed by atoms with Gasteiger partial charge in [0.1, 0.15) is 10.4 Å². The smallest absolute Gasteiger partial charge is 0.269 e. The van der Waals surface area contributed by atoms with Crippen molar-refractivity contribution >= 4 is 84.6 Å². The summed E-state index contributed by atoms with van der Waals surface area (Å²) in [6, 6.07) is 14.3. The van der Waals surface area contributed by atoms with Crippen molar-refractivity contribution in [1.29, 1.82) is 0 Å². The Hall–Kier alpha value is -3.04. The minimum absolute atomic E-state index is 0.138. The van der Waals surface area contributed by atoms with Gasteiger partial charge in [-0.2, -0.15) is 0 Å². The lowest BCUT2D eigenvalue weighted by Crippen LogP contribution is -2.33. The quantitative estimate of drug-likeness (QED) is 0.275. The second-order valence-electron chi connectivity index (χ2n) is 6.73. The molecule has 0 radical (unpaired) electrons. The number of carbonyl (C=O) groups excluding carboxylic acids is 1. The Labute approximate surface area is 201 Å². The molecule has 6 nitrogen and oxygen atoms in total. The molecule has 2 N–H and O–H groups in total. The van der Waals surface area contributed by atoms with Crippen LogP contribution in [0.4, 0.5) is 5.69 Å². The number of halogens is 2. The van der Waals surface area contributed by atoms with Crippen LogP contribution in [0.5, 0.6) is 0 Å². The molecular weight excluding hydrogens is 487 g/mol. The van der Waals surface area contributed by atoms with Gasteiger partial charge >= 0.3 is 0 Å². The van der Waals surface area contributed by atoms with E-state index < -0.39 is 5.91 Å². The Morgan fingerprint density at radius 1 is 1.06 bits per heavy atom. The first-order valence-electron chi connectivity index (χ1n) is 9.29. The predicted octanol–water partition coefficient (Wildman–Crippen LogP) is 6.54. The molecule has 0 atom stereocenters. The standard InChI is InChI=1S/C22H12Cl2N4O2S2/c23-12-1-3-14-17(9-12)32-19(18(14)24)20(29)28-22(31)26-13-2-4-16-15(10-13)27-21(30-16)11-5-7-25-8-6-11/h1-10H,(H2,26,28,29,31). The number of nitrogens with one attached hydrogen (secondary N) is 2. The van der Waals surface area contributed by atoms with E-state index in [0.29, 0.717) is 37.6 Å². The molecule has 158 valence electrons. The predicted molar refractivity (Wildman–Crippen MR) is 133 cm³/mol. The van der Waals surface area contributed by atoms with E-state index in [4.69, 9.17) is 39.8 Å². The molecule has 5 rings (SSSR count). The Bertz CT molecular complexity index is 1500. The van der Waals surface area contributed by atoms with Gasteiger partial charge in [-0.15, -0.1) is 11.3 Å². The molecule has 0 unspecified atom stereocenters. The lowest BCUT2D eigenvalue weighted by atomic mass is 10.2. The number of carbonyl (C=O) groups is 1. The molecular formula is C22H12Cl2N4O2S2. The molecule has 3 aromatic heterocycles. The summed E-state index contributed by atoms with van der Waals surface area (Å²) < 4.78 is 6.62. The topological polar surface area (TPSA) is 80.0 Å². The molecule has 5 aromatic rings. The SMILES string of the molecule is O=C(NC(=S)Nc1ccc2oc(-c3ccncc3)nc2c1)c1sc2cc(Cl)ccc2c1Cl. The van der Waals surface area contributed by atoms with Gasteiger partial charge in [-0.1, -0.05) is 29.3 Å². The maximum absolute atomic E-state index is 12.7. The third-order valence-corrected chi connectivity index (χ3v) is 6.69. The fourth-order valence-electron chi connectivity index (χ4n) is 3.13. The van der Waals surface area contributed by atoms with Crippen molar-refractivity contribution in [2.24, 2.45) is 0 Å². The van der Waals surface area contributed by atoms with Crippen LogP contribution in [0.1, 0.15) is 9.67 Å². The fourth-order valence-corrected chi connectivity index (χ4v) is 5.03. The molecule has 10 heteroatoms. The van der Waals surface area contributed by atoms with Crippen molar-refractivity contribution in [1.82, 2.24) is 15.3 Å². The Morgan fingerprint density at radius 3 is 2.69 bits per heavy atom. The Balaban J connectivity index is 1.32. The van der Waals surface area contributed by atoms with Crippen molar-refractivity contribution in [3.8, 4) is 11.5 Å². The van der Waals surface area contributed by atoms with Crippen LogP contribution in [0, 0.1) is 0 Å². The zero-order chi connectivity index (χ0) is 22.2. The van der Waals surface area contributed by atoms with Gasteiger partial charge in [-0.25, -0.2) is 4.98 Å². The Kier molecular flexibility index (Phi) is 5.52. The molecule has 2 aromatic carbocycles. The first kappa shape index (κ1) is 20.8. The summed E-state index contributed by atoms with van der Waals surface area (Å²) in [6.45, 7) is 0. The number of fused-ring (bicyclic) bond motifs is 2. The second-order valence-corrected chi connectivity index (χ2v) is 9.01. The van der Waals surface area contributed by atoms with Gasteiger partial charge in [0, 0.05) is 38.8 Å². The average molecular weight is 499 g/mol. The molecule has 32 heavy (non-hydrogen) atoms. The van der Waals surface area contributed by atoms with Crippen molar-refractivity contribution in [3.63, 3.8) is 0 Å². The van der Waals surface area contributed by atoms with Crippen LogP contribution in [0.15, 0.2) is 65.3 Å². The third-order valence-electron chi connectivity index (χ3n) is 4.60. The van der Waals surface area contributed by atoms with Crippen LogP contribution in [0.25, 0.3) is 32.6 Å². The number of amides is 1. The van der Waals surface area contributed by atoms with E-state index in [-0.39, 0.29) is 5.11 Å². The van der Waals surface area contributed by atoms with Crippen LogP contribution < -0.4 is 10.6 Å². The number of pyridine rings is 1. The molecule has 0 aliphatic heterocycles. The number of hydrogen-bond acceptors (Lipinski definition) is 6. The van der Waals surface area contributed by atoms with Gasteiger partial charge in [0.25, 0.3) is 5.91 Å². The lowest BCUT2D eigenvalue weighted by molar-refractivity contribution is 0.0982. The zero-order valence-corrected chi connectivity index (χ0v) is 19.2. The van der Waals surface area contributed by atoms with Crippen molar-refractivity contribution in [3.05, 3.63) is 75.8 Å². The van der Waals surface area contributed by atoms with Crippen molar-refractivity contribution in [2.75, 3.05) is 5.32 Å². The number of anilines is 1. The van der Waals surface area contributed by atoms with Gasteiger partial charge in [0.2, 0.25) is 5.89 Å². The Morgan fingerprint density at radius 2 is 1.88 bits per heavy atom. The minimum Gasteiger partial charge on any atom is -0.436 e. The van der Waals surface area contributed by atoms with E-state index >= 15 is 0 Å². The summed E-state index contributed by atoms with van der Waals surface area (Å²) in [4.78, 5) is 21.6. The highest BCUT2D eigenvalue weighted by Crippen LogP contribution is 2.36. The van der Waals surface area contributed by atoms with Crippen LogP contribution in [-0.4, -0.2) is 21.0 Å². The monoisotopic (exact) mass is 498 g/mol. The number of rotatable bonds is 3. The van der Waals surface area contributed by atoms with E-state index in [2.05, 4.69) is 20.6 Å². The van der Waals surface area contributed by atoms with Crippen molar-refractivity contribution < 1.29 is 9.21 Å². The molecule has 1 amide bonds. The molecule has 0 aliphatic rings. The summed E-state index contributed by atoms with van der Waals surface area (Å²) in [5.41, 5.74) is 2.77. The average Bonchev–Trinajstić information content (AvgIpc) is 3.35. The molecule has 0 saturated carbocycles. The molecule has 0 aliphatic carbocycles. The van der Waals surface area contributed by atoms with Gasteiger partial charge in [-0.3, -0.25) is 15.1 Å². The number of thiocarbonyl (C=S) groups is 1. The van der Waals surface area contributed by atoms with E-state index in [9.17, 15) is 4.79 Å². The van der Waals surface area contributed by atoms with Crippen LogP contribution >= 0.6 is 46.8 Å². The number of nitrogens with zero attached hydrogens (tertiary/aromatic N) is 2. The zero-order valence-electron chi connectivity index (χ0n) is 16.1. The maximum atomic E-state index is 12.7. The van der Waals surface area contributed by atoms with Crippen LogP contribution in [0.3, 0.4) is 0 Å². The number of aromatic nitrogens is 2. The van der Waals surface area contributed by atoms with Crippen LogP contribution in [-0.2, 0) is 0 Å². The largest absolute Gasteiger partial charge is 0.436 e. The van der Waals surface area contributed by atoms with Gasteiger partial charge in [-0.05, 0) is 54.7 Å². The molecule has 0 fully saturated rings. The van der Waals surface area contributed by atoms with Gasteiger partial charge < -0.3 is 9.73 Å². The van der Waals surface area contributed by atoms with Crippen LogP contribution in [0.2, 0.25) is 10.0 Å².